The highest BCUT2D eigenvalue weighted by Crippen LogP contribution is 1.98. The van der Waals surface area contributed by atoms with E-state index in [1.807, 2.05) is 6.26 Å². The lowest BCUT2D eigenvalue weighted by molar-refractivity contribution is -0.122. The summed E-state index contributed by atoms with van der Waals surface area (Å²) in [5.74, 6) is 0.601. The van der Waals surface area contributed by atoms with Crippen molar-refractivity contribution in [3.8, 4) is 0 Å². The molecule has 0 aliphatic carbocycles. The van der Waals surface area contributed by atoms with Gasteiger partial charge < -0.3 is 21.5 Å². The van der Waals surface area contributed by atoms with Crippen LogP contribution in [0.2, 0.25) is 0 Å². The van der Waals surface area contributed by atoms with Crippen LogP contribution in [0.3, 0.4) is 0 Å². The molecule has 0 spiro atoms. The average molecular weight is 235 g/mol. The summed E-state index contributed by atoms with van der Waals surface area (Å²) < 4.78 is 4.43. The molecular formula is C8H17N3O3S. The SMILES string of the molecule is CSCC[C@@H](N)C(=O)NCCOC(N)=O. The van der Waals surface area contributed by atoms with Gasteiger partial charge in [-0.25, -0.2) is 4.79 Å². The van der Waals surface area contributed by atoms with E-state index in [-0.39, 0.29) is 19.1 Å². The minimum absolute atomic E-state index is 0.0658. The van der Waals surface area contributed by atoms with Gasteiger partial charge in [0.15, 0.2) is 0 Å². The molecule has 0 aromatic rings. The van der Waals surface area contributed by atoms with Gasteiger partial charge >= 0.3 is 6.09 Å². The lowest BCUT2D eigenvalue weighted by Gasteiger charge is -2.11. The Hall–Kier alpha value is -0.950. The summed E-state index contributed by atoms with van der Waals surface area (Å²) >= 11 is 1.63. The van der Waals surface area contributed by atoms with Crippen LogP contribution in [0.4, 0.5) is 4.79 Å². The number of carbonyl (C=O) groups excluding carboxylic acids is 2. The Bertz CT molecular complexity index is 213. The summed E-state index contributed by atoms with van der Waals surface area (Å²) in [6, 6.07) is -0.508. The van der Waals surface area contributed by atoms with Crippen LogP contribution in [0, 0.1) is 0 Å². The van der Waals surface area contributed by atoms with Crippen molar-refractivity contribution in [2.45, 2.75) is 12.5 Å². The number of hydrogen-bond donors (Lipinski definition) is 3. The maximum absolute atomic E-state index is 11.3. The van der Waals surface area contributed by atoms with E-state index in [0.717, 1.165) is 5.75 Å². The van der Waals surface area contributed by atoms with Gasteiger partial charge in [-0.2, -0.15) is 11.8 Å². The number of amides is 2. The van der Waals surface area contributed by atoms with Crippen molar-refractivity contribution in [2.24, 2.45) is 11.5 Å². The van der Waals surface area contributed by atoms with Gasteiger partial charge in [0.25, 0.3) is 0 Å². The van der Waals surface area contributed by atoms with E-state index in [1.54, 1.807) is 11.8 Å². The van der Waals surface area contributed by atoms with Crippen molar-refractivity contribution in [2.75, 3.05) is 25.2 Å². The third-order valence-electron chi connectivity index (χ3n) is 1.62. The number of carbonyl (C=O) groups is 2. The van der Waals surface area contributed by atoms with E-state index in [1.165, 1.54) is 0 Å². The fourth-order valence-corrected chi connectivity index (χ4v) is 1.32. The van der Waals surface area contributed by atoms with E-state index in [0.29, 0.717) is 6.42 Å². The van der Waals surface area contributed by atoms with Crippen LogP contribution < -0.4 is 16.8 Å². The van der Waals surface area contributed by atoms with Crippen molar-refractivity contribution in [3.05, 3.63) is 0 Å². The highest BCUT2D eigenvalue weighted by atomic mass is 32.2. The molecule has 0 fully saturated rings. The molecule has 0 radical (unpaired) electrons. The van der Waals surface area contributed by atoms with E-state index in [4.69, 9.17) is 11.5 Å². The van der Waals surface area contributed by atoms with E-state index >= 15 is 0 Å². The molecule has 0 saturated carbocycles. The summed E-state index contributed by atoms with van der Waals surface area (Å²) in [6.07, 6.45) is 1.73. The van der Waals surface area contributed by atoms with Gasteiger partial charge in [0.1, 0.15) is 6.61 Å². The zero-order chi connectivity index (χ0) is 11.7. The van der Waals surface area contributed by atoms with E-state index in [9.17, 15) is 9.59 Å². The minimum Gasteiger partial charge on any atom is -0.448 e. The third-order valence-corrected chi connectivity index (χ3v) is 2.26. The predicted molar refractivity (Wildman–Crippen MR) is 59.5 cm³/mol. The van der Waals surface area contributed by atoms with Crippen molar-refractivity contribution in [1.82, 2.24) is 5.32 Å². The quantitative estimate of drug-likeness (QED) is 0.505. The Morgan fingerprint density at radius 2 is 2.20 bits per heavy atom. The largest absolute Gasteiger partial charge is 0.448 e. The fourth-order valence-electron chi connectivity index (χ4n) is 0.833. The van der Waals surface area contributed by atoms with Crippen LogP contribution in [0.5, 0.6) is 0 Å². The van der Waals surface area contributed by atoms with Crippen molar-refractivity contribution < 1.29 is 14.3 Å². The molecule has 0 aliphatic rings. The lowest BCUT2D eigenvalue weighted by Crippen LogP contribution is -2.42. The maximum atomic E-state index is 11.3. The molecule has 0 bridgehead atoms. The number of primary amides is 1. The first-order valence-corrected chi connectivity index (χ1v) is 5.91. The molecule has 6 nitrogen and oxygen atoms in total. The summed E-state index contributed by atoms with van der Waals surface area (Å²) in [7, 11) is 0. The van der Waals surface area contributed by atoms with Crippen LogP contribution in [0.15, 0.2) is 0 Å². The van der Waals surface area contributed by atoms with E-state index in [2.05, 4.69) is 10.1 Å². The molecule has 0 heterocycles. The van der Waals surface area contributed by atoms with Crippen molar-refractivity contribution >= 4 is 23.8 Å². The maximum Gasteiger partial charge on any atom is 0.404 e. The third kappa shape index (κ3) is 8.07. The molecule has 0 aliphatic heterocycles. The number of ether oxygens (including phenoxy) is 1. The molecule has 0 saturated heterocycles. The topological polar surface area (TPSA) is 107 Å². The number of nitrogens with two attached hydrogens (primary N) is 2. The minimum atomic E-state index is -0.851. The van der Waals surface area contributed by atoms with Gasteiger partial charge in [0.2, 0.25) is 5.91 Å². The van der Waals surface area contributed by atoms with Gasteiger partial charge in [-0.05, 0) is 18.4 Å². The van der Waals surface area contributed by atoms with Crippen LogP contribution in [-0.2, 0) is 9.53 Å². The van der Waals surface area contributed by atoms with E-state index < -0.39 is 12.1 Å². The Balaban J connectivity index is 3.51. The van der Waals surface area contributed by atoms with Crippen molar-refractivity contribution in [3.63, 3.8) is 0 Å². The molecule has 88 valence electrons. The molecule has 0 rings (SSSR count). The first kappa shape index (κ1) is 14.1. The van der Waals surface area contributed by atoms with Gasteiger partial charge in [-0.3, -0.25) is 4.79 Å². The summed E-state index contributed by atoms with van der Waals surface area (Å²) in [4.78, 5) is 21.5. The normalized spacial score (nSPS) is 11.9. The second kappa shape index (κ2) is 8.37. The van der Waals surface area contributed by atoms with Gasteiger partial charge in [0.05, 0.1) is 12.6 Å². The number of rotatable bonds is 7. The Labute approximate surface area is 93.1 Å². The second-order valence-electron chi connectivity index (χ2n) is 2.85. The first-order chi connectivity index (χ1) is 7.07. The zero-order valence-corrected chi connectivity index (χ0v) is 9.51. The van der Waals surface area contributed by atoms with Crippen LogP contribution >= 0.6 is 11.8 Å². The average Bonchev–Trinajstić information content (AvgIpc) is 2.20. The summed E-state index contributed by atoms with van der Waals surface area (Å²) in [5, 5.41) is 2.54. The number of hydrogen-bond acceptors (Lipinski definition) is 5. The molecule has 15 heavy (non-hydrogen) atoms. The second-order valence-corrected chi connectivity index (χ2v) is 3.83. The first-order valence-electron chi connectivity index (χ1n) is 4.52. The van der Waals surface area contributed by atoms with Gasteiger partial charge in [-0.15, -0.1) is 0 Å². The smallest absolute Gasteiger partial charge is 0.404 e. The monoisotopic (exact) mass is 235 g/mol. The summed E-state index contributed by atoms with van der Waals surface area (Å²) in [6.45, 7) is 0.297. The van der Waals surface area contributed by atoms with Crippen LogP contribution in [0.25, 0.3) is 0 Å². The Morgan fingerprint density at radius 1 is 1.53 bits per heavy atom. The van der Waals surface area contributed by atoms with Gasteiger partial charge in [0, 0.05) is 0 Å². The molecule has 7 heteroatoms. The summed E-state index contributed by atoms with van der Waals surface area (Å²) in [5.41, 5.74) is 10.3. The molecule has 0 unspecified atom stereocenters. The highest BCUT2D eigenvalue weighted by molar-refractivity contribution is 7.98. The predicted octanol–water partition coefficient (Wildman–Crippen LogP) is -0.722. The van der Waals surface area contributed by atoms with Crippen LogP contribution in [0.1, 0.15) is 6.42 Å². The molecule has 5 N–H and O–H groups in total. The molecule has 2 amide bonds. The Morgan fingerprint density at radius 3 is 2.73 bits per heavy atom. The molecular weight excluding hydrogens is 218 g/mol. The molecule has 0 aromatic heterocycles. The van der Waals surface area contributed by atoms with Crippen LogP contribution in [-0.4, -0.2) is 43.2 Å². The van der Waals surface area contributed by atoms with Gasteiger partial charge in [-0.1, -0.05) is 0 Å². The molecule has 1 atom stereocenters. The lowest BCUT2D eigenvalue weighted by atomic mass is 10.2. The fraction of sp³-hybridized carbons (Fsp3) is 0.750. The number of nitrogens with one attached hydrogen (secondary N) is 1. The Kier molecular flexibility index (Phi) is 7.84. The molecule has 0 aromatic carbocycles. The van der Waals surface area contributed by atoms with Crippen molar-refractivity contribution in [1.29, 1.82) is 0 Å². The highest BCUT2D eigenvalue weighted by Gasteiger charge is 2.11. The standard InChI is InChI=1S/C8H17N3O3S/c1-15-5-2-6(9)7(12)11-3-4-14-8(10)13/h6H,2-5,9H2,1H3,(H2,10,13)(H,11,12)/t6-/m1/s1. The zero-order valence-electron chi connectivity index (χ0n) is 8.69. The number of thioether (sulfide) groups is 1.